The lowest BCUT2D eigenvalue weighted by Crippen LogP contribution is -2.26. The first-order valence-electron chi connectivity index (χ1n) is 4.99. The topological polar surface area (TPSA) is 76.5 Å². The van der Waals surface area contributed by atoms with E-state index in [1.165, 1.54) is 24.5 Å². The third kappa shape index (κ3) is 3.34. The standard InChI is InChI=1S/C11H13NO4/c1-2-3-9(10(13)14)16-11(15)8-4-6-12-7-5-8/h4-7,9H,2-3H2,1H3,(H,13,14)/t9-/m0/s1. The molecule has 1 aromatic rings. The molecule has 0 aliphatic carbocycles. The van der Waals surface area contributed by atoms with Crippen molar-refractivity contribution in [3.8, 4) is 0 Å². The molecule has 16 heavy (non-hydrogen) atoms. The number of carbonyl (C=O) groups is 2. The summed E-state index contributed by atoms with van der Waals surface area (Å²) in [6.45, 7) is 1.83. The number of aliphatic carboxylic acids is 1. The predicted octanol–water partition coefficient (Wildman–Crippen LogP) is 1.49. The molecule has 1 heterocycles. The van der Waals surface area contributed by atoms with Crippen LogP contribution < -0.4 is 0 Å². The van der Waals surface area contributed by atoms with Gasteiger partial charge in [-0.15, -0.1) is 0 Å². The second-order valence-electron chi connectivity index (χ2n) is 3.26. The molecule has 0 aliphatic rings. The Labute approximate surface area is 93.1 Å². The zero-order valence-electron chi connectivity index (χ0n) is 8.92. The van der Waals surface area contributed by atoms with Crippen LogP contribution in [-0.2, 0) is 9.53 Å². The van der Waals surface area contributed by atoms with E-state index in [9.17, 15) is 9.59 Å². The molecule has 1 aromatic heterocycles. The molecular weight excluding hydrogens is 210 g/mol. The van der Waals surface area contributed by atoms with Gasteiger partial charge in [-0.25, -0.2) is 9.59 Å². The largest absolute Gasteiger partial charge is 0.479 e. The Balaban J connectivity index is 2.65. The molecule has 0 saturated carbocycles. The third-order valence-electron chi connectivity index (χ3n) is 1.99. The summed E-state index contributed by atoms with van der Waals surface area (Å²) >= 11 is 0. The van der Waals surface area contributed by atoms with Crippen LogP contribution in [0.2, 0.25) is 0 Å². The molecule has 0 spiro atoms. The fourth-order valence-electron chi connectivity index (χ4n) is 1.18. The quantitative estimate of drug-likeness (QED) is 0.765. The Hall–Kier alpha value is -1.91. The van der Waals surface area contributed by atoms with Crippen LogP contribution in [0.4, 0.5) is 0 Å². The van der Waals surface area contributed by atoms with Gasteiger partial charge in [-0.05, 0) is 18.6 Å². The number of rotatable bonds is 5. The number of ether oxygens (including phenoxy) is 1. The van der Waals surface area contributed by atoms with Gasteiger partial charge in [0, 0.05) is 12.4 Å². The maximum atomic E-state index is 11.5. The maximum absolute atomic E-state index is 11.5. The minimum atomic E-state index is -1.12. The fourth-order valence-corrected chi connectivity index (χ4v) is 1.18. The Morgan fingerprint density at radius 3 is 2.56 bits per heavy atom. The van der Waals surface area contributed by atoms with E-state index in [0.717, 1.165) is 0 Å². The van der Waals surface area contributed by atoms with Gasteiger partial charge in [-0.1, -0.05) is 13.3 Å². The number of esters is 1. The summed E-state index contributed by atoms with van der Waals surface area (Å²) in [5.41, 5.74) is 0.303. The van der Waals surface area contributed by atoms with Crippen molar-refractivity contribution in [1.29, 1.82) is 0 Å². The van der Waals surface area contributed by atoms with Crippen LogP contribution in [0, 0.1) is 0 Å². The SMILES string of the molecule is CCC[C@H](OC(=O)c1ccncc1)C(=O)O. The van der Waals surface area contributed by atoms with E-state index < -0.39 is 18.0 Å². The van der Waals surface area contributed by atoms with Crippen molar-refractivity contribution >= 4 is 11.9 Å². The smallest absolute Gasteiger partial charge is 0.345 e. The fraction of sp³-hybridized carbons (Fsp3) is 0.364. The van der Waals surface area contributed by atoms with E-state index in [0.29, 0.717) is 18.4 Å². The van der Waals surface area contributed by atoms with Gasteiger partial charge in [-0.2, -0.15) is 0 Å². The van der Waals surface area contributed by atoms with E-state index in [4.69, 9.17) is 9.84 Å². The van der Waals surface area contributed by atoms with Gasteiger partial charge in [0.2, 0.25) is 0 Å². The van der Waals surface area contributed by atoms with E-state index in [1.807, 2.05) is 6.92 Å². The van der Waals surface area contributed by atoms with Gasteiger partial charge in [0.05, 0.1) is 5.56 Å². The van der Waals surface area contributed by atoms with Gasteiger partial charge in [0.25, 0.3) is 0 Å². The van der Waals surface area contributed by atoms with Crippen molar-refractivity contribution < 1.29 is 19.4 Å². The summed E-state index contributed by atoms with van der Waals surface area (Å²) in [5, 5.41) is 8.81. The molecule has 1 atom stereocenters. The number of carboxylic acids is 1. The first kappa shape index (κ1) is 12.2. The van der Waals surface area contributed by atoms with Crippen molar-refractivity contribution in [3.05, 3.63) is 30.1 Å². The number of hydrogen-bond donors (Lipinski definition) is 1. The molecule has 5 nitrogen and oxygen atoms in total. The Morgan fingerprint density at radius 2 is 2.06 bits per heavy atom. The summed E-state index contributed by atoms with van der Waals surface area (Å²) in [5.74, 6) is -1.76. The normalized spacial score (nSPS) is 11.8. The summed E-state index contributed by atoms with van der Waals surface area (Å²) in [6, 6.07) is 2.96. The van der Waals surface area contributed by atoms with Crippen molar-refractivity contribution in [1.82, 2.24) is 4.98 Å². The summed E-state index contributed by atoms with van der Waals surface area (Å²) < 4.78 is 4.87. The molecule has 1 N–H and O–H groups in total. The highest BCUT2D eigenvalue weighted by atomic mass is 16.6. The second-order valence-corrected chi connectivity index (χ2v) is 3.26. The number of hydrogen-bond acceptors (Lipinski definition) is 4. The highest BCUT2D eigenvalue weighted by Gasteiger charge is 2.21. The maximum Gasteiger partial charge on any atom is 0.345 e. The van der Waals surface area contributed by atoms with Crippen LogP contribution in [0.25, 0.3) is 0 Å². The van der Waals surface area contributed by atoms with E-state index in [-0.39, 0.29) is 0 Å². The molecule has 0 fully saturated rings. The van der Waals surface area contributed by atoms with Gasteiger partial charge in [-0.3, -0.25) is 4.98 Å². The highest BCUT2D eigenvalue weighted by Crippen LogP contribution is 2.07. The first-order chi connectivity index (χ1) is 7.65. The van der Waals surface area contributed by atoms with Crippen molar-refractivity contribution in [2.75, 3.05) is 0 Å². The molecule has 0 bridgehead atoms. The number of pyridine rings is 1. The second kappa shape index (κ2) is 5.85. The number of aromatic nitrogens is 1. The summed E-state index contributed by atoms with van der Waals surface area (Å²) in [6.07, 6.45) is 2.77. The summed E-state index contributed by atoms with van der Waals surface area (Å²) in [7, 11) is 0. The molecule has 0 aliphatic heterocycles. The number of nitrogens with zero attached hydrogens (tertiary/aromatic N) is 1. The first-order valence-corrected chi connectivity index (χ1v) is 4.99. The lowest BCUT2D eigenvalue weighted by atomic mass is 10.2. The van der Waals surface area contributed by atoms with Crippen LogP contribution in [0.3, 0.4) is 0 Å². The van der Waals surface area contributed by atoms with Crippen LogP contribution in [-0.4, -0.2) is 28.1 Å². The van der Waals surface area contributed by atoms with Crippen LogP contribution in [0.1, 0.15) is 30.1 Å². The third-order valence-corrected chi connectivity index (χ3v) is 1.99. The average Bonchev–Trinajstić information content (AvgIpc) is 2.29. The Morgan fingerprint density at radius 1 is 1.44 bits per heavy atom. The lowest BCUT2D eigenvalue weighted by Gasteiger charge is -2.12. The Kier molecular flexibility index (Phi) is 4.44. The molecule has 0 unspecified atom stereocenters. The molecule has 0 radical (unpaired) electrons. The molecule has 86 valence electrons. The van der Waals surface area contributed by atoms with E-state index in [2.05, 4.69) is 4.98 Å². The van der Waals surface area contributed by atoms with Crippen LogP contribution in [0.5, 0.6) is 0 Å². The van der Waals surface area contributed by atoms with Crippen molar-refractivity contribution in [2.45, 2.75) is 25.9 Å². The average molecular weight is 223 g/mol. The lowest BCUT2D eigenvalue weighted by molar-refractivity contribution is -0.147. The van der Waals surface area contributed by atoms with Crippen molar-refractivity contribution in [2.24, 2.45) is 0 Å². The van der Waals surface area contributed by atoms with E-state index >= 15 is 0 Å². The van der Waals surface area contributed by atoms with Gasteiger partial charge >= 0.3 is 11.9 Å². The van der Waals surface area contributed by atoms with Crippen LogP contribution >= 0.6 is 0 Å². The minimum absolute atomic E-state index is 0.303. The molecular formula is C11H13NO4. The predicted molar refractivity (Wildman–Crippen MR) is 56.0 cm³/mol. The number of carbonyl (C=O) groups excluding carboxylic acids is 1. The van der Waals surface area contributed by atoms with Crippen LogP contribution in [0.15, 0.2) is 24.5 Å². The molecule has 0 amide bonds. The molecule has 0 aromatic carbocycles. The number of carboxylic acid groups (broad SMARTS) is 1. The molecule has 5 heteroatoms. The highest BCUT2D eigenvalue weighted by molar-refractivity contribution is 5.91. The van der Waals surface area contributed by atoms with Gasteiger partial charge < -0.3 is 9.84 Å². The van der Waals surface area contributed by atoms with Crippen molar-refractivity contribution in [3.63, 3.8) is 0 Å². The zero-order chi connectivity index (χ0) is 12.0. The summed E-state index contributed by atoms with van der Waals surface area (Å²) in [4.78, 5) is 26.0. The van der Waals surface area contributed by atoms with Gasteiger partial charge in [0.1, 0.15) is 0 Å². The zero-order valence-corrected chi connectivity index (χ0v) is 8.92. The molecule has 0 saturated heterocycles. The van der Waals surface area contributed by atoms with Gasteiger partial charge in [0.15, 0.2) is 6.10 Å². The molecule has 1 rings (SSSR count). The minimum Gasteiger partial charge on any atom is -0.479 e. The Bertz CT molecular complexity index is 364. The van der Waals surface area contributed by atoms with E-state index in [1.54, 1.807) is 0 Å². The monoisotopic (exact) mass is 223 g/mol.